The molecule has 9 heteroatoms. The Morgan fingerprint density at radius 2 is 1.78 bits per heavy atom. The van der Waals surface area contributed by atoms with E-state index >= 15 is 0 Å². The number of carbonyl (C=O) groups excluding carboxylic acids is 1. The number of rotatable bonds is 12. The average molecular weight is 446 g/mol. The molecule has 0 radical (unpaired) electrons. The Balaban J connectivity index is 2.13. The normalized spacial score (nSPS) is 12.9. The molecule has 0 spiro atoms. The fraction of sp³-hybridized carbons (Fsp3) is 0.435. The second-order valence-corrected chi connectivity index (χ2v) is 7.81. The number of nitro benzene ring substituents is 1. The molecule has 0 bridgehead atoms. The fourth-order valence-electron chi connectivity index (χ4n) is 3.15. The predicted molar refractivity (Wildman–Crippen MR) is 120 cm³/mol. The van der Waals surface area contributed by atoms with Gasteiger partial charge in [-0.1, -0.05) is 44.2 Å². The highest BCUT2D eigenvalue weighted by molar-refractivity contribution is 5.67. The van der Waals surface area contributed by atoms with Gasteiger partial charge in [0.2, 0.25) is 0 Å². The van der Waals surface area contributed by atoms with Crippen molar-refractivity contribution in [3.05, 3.63) is 70.3 Å². The number of aliphatic hydroxyl groups is 1. The number of nitro groups is 1. The first-order chi connectivity index (χ1) is 15.3. The highest BCUT2D eigenvalue weighted by atomic mass is 16.7. The first kappa shape index (κ1) is 25.1. The van der Waals surface area contributed by atoms with E-state index in [1.165, 1.54) is 24.3 Å². The zero-order valence-electron chi connectivity index (χ0n) is 18.6. The maximum Gasteiger partial charge on any atom is 0.407 e. The van der Waals surface area contributed by atoms with Crippen molar-refractivity contribution in [3.63, 3.8) is 0 Å². The SMILES string of the molecule is CCOC(=O)N[C@@H](Cc1ccccc1)[C@H](O)CN(CC(C)C)Oc1ccc([N+](=O)[O-])cc1. The molecule has 9 nitrogen and oxygen atoms in total. The van der Waals surface area contributed by atoms with Gasteiger partial charge < -0.3 is 20.0 Å². The van der Waals surface area contributed by atoms with Crippen LogP contribution in [0.2, 0.25) is 0 Å². The third kappa shape index (κ3) is 8.52. The zero-order chi connectivity index (χ0) is 23.5. The van der Waals surface area contributed by atoms with Crippen molar-refractivity contribution in [2.45, 2.75) is 39.3 Å². The van der Waals surface area contributed by atoms with Crippen LogP contribution in [0.25, 0.3) is 0 Å². The summed E-state index contributed by atoms with van der Waals surface area (Å²) in [5.74, 6) is 0.646. The van der Waals surface area contributed by atoms with Crippen LogP contribution in [0.15, 0.2) is 54.6 Å². The van der Waals surface area contributed by atoms with Crippen LogP contribution >= 0.6 is 0 Å². The fourth-order valence-corrected chi connectivity index (χ4v) is 3.15. The Kier molecular flexibility index (Phi) is 9.90. The largest absolute Gasteiger partial charge is 0.450 e. The van der Waals surface area contributed by atoms with Crippen molar-refractivity contribution in [1.82, 2.24) is 10.4 Å². The second-order valence-electron chi connectivity index (χ2n) is 7.81. The molecule has 0 unspecified atom stereocenters. The lowest BCUT2D eigenvalue weighted by Gasteiger charge is -2.30. The molecule has 2 aromatic carbocycles. The maximum atomic E-state index is 12.0. The molecule has 0 aliphatic heterocycles. The standard InChI is InChI=1S/C23H31N3O6/c1-4-31-23(28)24-21(14-18-8-6-5-7-9-18)22(27)16-25(15-17(2)3)32-20-12-10-19(11-13-20)26(29)30/h5-13,17,21-22,27H,4,14-16H2,1-3H3,(H,24,28)/t21-,22+/m0/s1. The minimum absolute atomic E-state index is 0.0330. The number of nitrogens with zero attached hydrogens (tertiary/aromatic N) is 2. The van der Waals surface area contributed by atoms with E-state index in [0.717, 1.165) is 5.56 Å². The minimum Gasteiger partial charge on any atom is -0.450 e. The number of carbonyl (C=O) groups is 1. The lowest BCUT2D eigenvalue weighted by Crippen LogP contribution is -2.50. The molecule has 32 heavy (non-hydrogen) atoms. The number of non-ortho nitro benzene ring substituents is 1. The Labute approximate surface area is 188 Å². The van der Waals surface area contributed by atoms with Crippen molar-refractivity contribution < 1.29 is 24.4 Å². The number of nitrogens with one attached hydrogen (secondary N) is 1. The van der Waals surface area contributed by atoms with Crippen LogP contribution in [0.5, 0.6) is 5.75 Å². The number of hydrogen-bond acceptors (Lipinski definition) is 7. The quantitative estimate of drug-likeness (QED) is 0.379. The monoisotopic (exact) mass is 445 g/mol. The van der Waals surface area contributed by atoms with Gasteiger partial charge in [0.1, 0.15) is 5.75 Å². The van der Waals surface area contributed by atoms with Gasteiger partial charge in [-0.15, -0.1) is 5.06 Å². The maximum absolute atomic E-state index is 12.0. The number of alkyl carbamates (subject to hydrolysis) is 1. The highest BCUT2D eigenvalue weighted by Crippen LogP contribution is 2.19. The van der Waals surface area contributed by atoms with Crippen LogP contribution in [0, 0.1) is 16.0 Å². The Hall–Kier alpha value is -3.17. The molecule has 0 heterocycles. The van der Waals surface area contributed by atoms with Crippen molar-refractivity contribution in [3.8, 4) is 5.75 Å². The van der Waals surface area contributed by atoms with Crippen LogP contribution in [0.3, 0.4) is 0 Å². The van der Waals surface area contributed by atoms with Crippen LogP contribution in [-0.4, -0.2) is 53.0 Å². The molecule has 2 rings (SSSR count). The van der Waals surface area contributed by atoms with Crippen molar-refractivity contribution >= 4 is 11.8 Å². The van der Waals surface area contributed by atoms with E-state index < -0.39 is 23.2 Å². The summed E-state index contributed by atoms with van der Waals surface area (Å²) in [6.07, 6.45) is -1.15. The zero-order valence-corrected chi connectivity index (χ0v) is 18.6. The lowest BCUT2D eigenvalue weighted by atomic mass is 10.0. The molecule has 0 aliphatic rings. The van der Waals surface area contributed by atoms with Crippen LogP contribution in [0.4, 0.5) is 10.5 Å². The predicted octanol–water partition coefficient (Wildman–Crippen LogP) is 3.56. The minimum atomic E-state index is -0.962. The van der Waals surface area contributed by atoms with E-state index in [9.17, 15) is 20.0 Å². The number of ether oxygens (including phenoxy) is 1. The molecular weight excluding hydrogens is 414 g/mol. The second kappa shape index (κ2) is 12.6. The van der Waals surface area contributed by atoms with Gasteiger partial charge in [0, 0.05) is 18.7 Å². The van der Waals surface area contributed by atoms with Gasteiger partial charge in [-0.05, 0) is 37.0 Å². The van der Waals surface area contributed by atoms with Crippen molar-refractivity contribution in [2.24, 2.45) is 5.92 Å². The molecule has 0 saturated heterocycles. The van der Waals surface area contributed by atoms with Crippen LogP contribution in [0.1, 0.15) is 26.3 Å². The third-order valence-electron chi connectivity index (χ3n) is 4.58. The van der Waals surface area contributed by atoms with Crippen molar-refractivity contribution in [2.75, 3.05) is 19.7 Å². The van der Waals surface area contributed by atoms with Gasteiger partial charge in [-0.2, -0.15) is 0 Å². The van der Waals surface area contributed by atoms with E-state index in [4.69, 9.17) is 9.57 Å². The molecule has 0 saturated carbocycles. The van der Waals surface area contributed by atoms with Gasteiger partial charge in [-0.3, -0.25) is 10.1 Å². The van der Waals surface area contributed by atoms with Gasteiger partial charge in [0.25, 0.3) is 5.69 Å². The lowest BCUT2D eigenvalue weighted by molar-refractivity contribution is -0.384. The molecule has 2 aromatic rings. The summed E-state index contributed by atoms with van der Waals surface area (Å²) < 4.78 is 4.99. The Bertz CT molecular complexity index is 845. The smallest absolute Gasteiger partial charge is 0.407 e. The number of aliphatic hydroxyl groups excluding tert-OH is 1. The first-order valence-electron chi connectivity index (χ1n) is 10.6. The molecule has 174 valence electrons. The molecule has 1 amide bonds. The summed E-state index contributed by atoms with van der Waals surface area (Å²) in [6, 6.07) is 14.7. The molecule has 2 N–H and O–H groups in total. The molecule has 0 aromatic heterocycles. The average Bonchev–Trinajstić information content (AvgIpc) is 2.74. The van der Waals surface area contributed by atoms with E-state index in [2.05, 4.69) is 5.32 Å². The first-order valence-corrected chi connectivity index (χ1v) is 10.6. The topological polar surface area (TPSA) is 114 Å². The van der Waals surface area contributed by atoms with Crippen LogP contribution < -0.4 is 10.2 Å². The van der Waals surface area contributed by atoms with Gasteiger partial charge in [0.15, 0.2) is 0 Å². The molecular formula is C23H31N3O6. The van der Waals surface area contributed by atoms with E-state index in [1.54, 1.807) is 12.0 Å². The summed E-state index contributed by atoms with van der Waals surface area (Å²) in [4.78, 5) is 28.3. The van der Waals surface area contributed by atoms with Crippen molar-refractivity contribution in [1.29, 1.82) is 0 Å². The summed E-state index contributed by atoms with van der Waals surface area (Å²) >= 11 is 0. The summed E-state index contributed by atoms with van der Waals surface area (Å²) in [5, 5.41) is 26.2. The number of hydroxylamine groups is 2. The van der Waals surface area contributed by atoms with Gasteiger partial charge in [-0.25, -0.2) is 4.79 Å². The van der Waals surface area contributed by atoms with E-state index in [0.29, 0.717) is 18.7 Å². The van der Waals surface area contributed by atoms with Gasteiger partial charge >= 0.3 is 6.09 Å². The molecule has 2 atom stereocenters. The number of hydrogen-bond donors (Lipinski definition) is 2. The summed E-state index contributed by atoms with van der Waals surface area (Å²) in [5.41, 5.74) is 0.925. The molecule has 0 aliphatic carbocycles. The molecule has 0 fully saturated rings. The Morgan fingerprint density at radius 1 is 1.12 bits per heavy atom. The van der Waals surface area contributed by atoms with Gasteiger partial charge in [0.05, 0.1) is 30.2 Å². The summed E-state index contributed by atoms with van der Waals surface area (Å²) in [6.45, 7) is 6.58. The van der Waals surface area contributed by atoms with Crippen LogP contribution in [-0.2, 0) is 11.2 Å². The number of benzene rings is 2. The highest BCUT2D eigenvalue weighted by Gasteiger charge is 2.26. The summed E-state index contributed by atoms with van der Waals surface area (Å²) in [7, 11) is 0. The Morgan fingerprint density at radius 3 is 2.34 bits per heavy atom. The van der Waals surface area contributed by atoms with E-state index in [1.807, 2.05) is 44.2 Å². The van der Waals surface area contributed by atoms with E-state index in [-0.39, 0.29) is 24.8 Å². The third-order valence-corrected chi connectivity index (χ3v) is 4.58. The number of amides is 1.